The number of halogens is 1. The summed E-state index contributed by atoms with van der Waals surface area (Å²) in [5, 5.41) is -0.422. The SMILES string of the molecule is C#CCN1CCN(C(=O)C(C)Cl)CC1. The second-order valence-electron chi connectivity index (χ2n) is 3.42. The number of rotatable bonds is 2. The van der Waals surface area contributed by atoms with Gasteiger partial charge in [-0.3, -0.25) is 9.69 Å². The summed E-state index contributed by atoms with van der Waals surface area (Å²) < 4.78 is 0. The van der Waals surface area contributed by atoms with Gasteiger partial charge in [0.15, 0.2) is 0 Å². The summed E-state index contributed by atoms with van der Waals surface area (Å²) in [7, 11) is 0. The van der Waals surface area contributed by atoms with Gasteiger partial charge in [-0.15, -0.1) is 18.0 Å². The van der Waals surface area contributed by atoms with E-state index in [1.807, 2.05) is 0 Å². The van der Waals surface area contributed by atoms with Gasteiger partial charge in [0, 0.05) is 26.2 Å². The molecule has 1 amide bonds. The number of alkyl halides is 1. The Hall–Kier alpha value is -0.720. The lowest BCUT2D eigenvalue weighted by Crippen LogP contribution is -2.50. The van der Waals surface area contributed by atoms with Crippen LogP contribution < -0.4 is 0 Å². The predicted octanol–water partition coefficient (Wildman–Crippen LogP) is 0.391. The summed E-state index contributed by atoms with van der Waals surface area (Å²) in [5.74, 6) is 2.62. The second kappa shape index (κ2) is 5.23. The zero-order chi connectivity index (χ0) is 10.6. The third kappa shape index (κ3) is 2.90. The van der Waals surface area contributed by atoms with Crippen molar-refractivity contribution in [1.29, 1.82) is 0 Å². The van der Waals surface area contributed by atoms with Crippen molar-refractivity contribution >= 4 is 17.5 Å². The molecule has 1 unspecified atom stereocenters. The smallest absolute Gasteiger partial charge is 0.240 e. The molecule has 0 radical (unpaired) electrons. The Labute approximate surface area is 90.0 Å². The van der Waals surface area contributed by atoms with Crippen molar-refractivity contribution in [2.24, 2.45) is 0 Å². The highest BCUT2D eigenvalue weighted by Gasteiger charge is 2.22. The van der Waals surface area contributed by atoms with E-state index in [0.29, 0.717) is 6.54 Å². The van der Waals surface area contributed by atoms with Crippen molar-refractivity contribution in [2.75, 3.05) is 32.7 Å². The first kappa shape index (κ1) is 11.4. The maximum Gasteiger partial charge on any atom is 0.240 e. The van der Waals surface area contributed by atoms with E-state index in [0.717, 1.165) is 26.2 Å². The van der Waals surface area contributed by atoms with E-state index in [4.69, 9.17) is 18.0 Å². The zero-order valence-electron chi connectivity index (χ0n) is 8.37. The van der Waals surface area contributed by atoms with Gasteiger partial charge in [0.2, 0.25) is 5.91 Å². The van der Waals surface area contributed by atoms with Gasteiger partial charge in [0.1, 0.15) is 5.38 Å². The molecule has 1 atom stereocenters. The van der Waals surface area contributed by atoms with Crippen molar-refractivity contribution in [3.05, 3.63) is 0 Å². The average Bonchev–Trinajstić information content (AvgIpc) is 2.18. The monoisotopic (exact) mass is 214 g/mol. The Bertz CT molecular complexity index is 239. The number of carbonyl (C=O) groups excluding carboxylic acids is 1. The highest BCUT2D eigenvalue weighted by molar-refractivity contribution is 6.30. The lowest BCUT2D eigenvalue weighted by Gasteiger charge is -2.34. The zero-order valence-corrected chi connectivity index (χ0v) is 9.13. The molecule has 0 aliphatic carbocycles. The normalized spacial score (nSPS) is 20.2. The molecule has 0 bridgehead atoms. The van der Waals surface area contributed by atoms with Gasteiger partial charge in [-0.2, -0.15) is 0 Å². The van der Waals surface area contributed by atoms with Crippen LogP contribution in [0.4, 0.5) is 0 Å². The molecule has 0 aromatic carbocycles. The topological polar surface area (TPSA) is 23.6 Å². The molecule has 1 aliphatic heterocycles. The highest BCUT2D eigenvalue weighted by Crippen LogP contribution is 2.06. The first-order chi connectivity index (χ1) is 6.65. The van der Waals surface area contributed by atoms with Gasteiger partial charge < -0.3 is 4.90 Å². The number of terminal acetylenes is 1. The maximum atomic E-state index is 11.5. The quantitative estimate of drug-likeness (QED) is 0.491. The van der Waals surface area contributed by atoms with Crippen LogP contribution in [0.25, 0.3) is 0 Å². The number of piperazine rings is 1. The summed E-state index contributed by atoms with van der Waals surface area (Å²) in [5.41, 5.74) is 0. The summed E-state index contributed by atoms with van der Waals surface area (Å²) in [6, 6.07) is 0. The summed E-state index contributed by atoms with van der Waals surface area (Å²) in [4.78, 5) is 15.4. The van der Waals surface area contributed by atoms with Crippen LogP contribution in [0.15, 0.2) is 0 Å². The third-order valence-corrected chi connectivity index (χ3v) is 2.53. The summed E-state index contributed by atoms with van der Waals surface area (Å²) in [6.45, 7) is 5.53. The van der Waals surface area contributed by atoms with E-state index in [-0.39, 0.29) is 5.91 Å². The molecule has 0 aromatic heterocycles. The van der Waals surface area contributed by atoms with Gasteiger partial charge in [0.25, 0.3) is 0 Å². The van der Waals surface area contributed by atoms with Crippen LogP contribution in [-0.4, -0.2) is 53.8 Å². The van der Waals surface area contributed by atoms with Crippen LogP contribution in [0.5, 0.6) is 0 Å². The first-order valence-electron chi connectivity index (χ1n) is 4.74. The number of nitrogens with zero attached hydrogens (tertiary/aromatic N) is 2. The molecule has 3 nitrogen and oxygen atoms in total. The van der Waals surface area contributed by atoms with Gasteiger partial charge in [0.05, 0.1) is 6.54 Å². The van der Waals surface area contributed by atoms with E-state index in [9.17, 15) is 4.79 Å². The Balaban J connectivity index is 2.36. The van der Waals surface area contributed by atoms with Gasteiger partial charge in [-0.05, 0) is 6.92 Å². The molecule has 78 valence electrons. The fraction of sp³-hybridized carbons (Fsp3) is 0.700. The van der Waals surface area contributed by atoms with Crippen LogP contribution >= 0.6 is 11.6 Å². The maximum absolute atomic E-state index is 11.5. The molecule has 0 spiro atoms. The molecule has 0 N–H and O–H groups in total. The molecule has 1 fully saturated rings. The number of hydrogen-bond acceptors (Lipinski definition) is 2. The number of hydrogen-bond donors (Lipinski definition) is 0. The van der Waals surface area contributed by atoms with Crippen LogP contribution in [0.1, 0.15) is 6.92 Å². The molecule has 1 heterocycles. The van der Waals surface area contributed by atoms with Crippen molar-refractivity contribution in [1.82, 2.24) is 9.80 Å². The predicted molar refractivity (Wildman–Crippen MR) is 57.2 cm³/mol. The largest absolute Gasteiger partial charge is 0.339 e. The average molecular weight is 215 g/mol. The second-order valence-corrected chi connectivity index (χ2v) is 4.08. The fourth-order valence-electron chi connectivity index (χ4n) is 1.51. The minimum Gasteiger partial charge on any atom is -0.339 e. The first-order valence-corrected chi connectivity index (χ1v) is 5.17. The van der Waals surface area contributed by atoms with E-state index < -0.39 is 5.38 Å². The van der Waals surface area contributed by atoms with Gasteiger partial charge >= 0.3 is 0 Å². The lowest BCUT2D eigenvalue weighted by atomic mass is 10.3. The molecular weight excluding hydrogens is 200 g/mol. The number of amides is 1. The lowest BCUT2D eigenvalue weighted by molar-refractivity contribution is -0.132. The summed E-state index contributed by atoms with van der Waals surface area (Å²) in [6.07, 6.45) is 5.21. The van der Waals surface area contributed by atoms with Crippen LogP contribution in [0.3, 0.4) is 0 Å². The minimum atomic E-state index is -0.422. The molecule has 1 rings (SSSR count). The van der Waals surface area contributed by atoms with Gasteiger partial charge in [-0.1, -0.05) is 5.92 Å². The summed E-state index contributed by atoms with van der Waals surface area (Å²) >= 11 is 5.72. The number of carbonyl (C=O) groups is 1. The fourth-order valence-corrected chi connectivity index (χ4v) is 1.65. The van der Waals surface area contributed by atoms with Crippen molar-refractivity contribution in [3.8, 4) is 12.3 Å². The van der Waals surface area contributed by atoms with Gasteiger partial charge in [-0.25, -0.2) is 0 Å². The van der Waals surface area contributed by atoms with E-state index >= 15 is 0 Å². The minimum absolute atomic E-state index is 0.0204. The Morgan fingerprint density at radius 2 is 2.07 bits per heavy atom. The van der Waals surface area contributed by atoms with Crippen molar-refractivity contribution in [3.63, 3.8) is 0 Å². The van der Waals surface area contributed by atoms with Crippen LogP contribution in [-0.2, 0) is 4.79 Å². The van der Waals surface area contributed by atoms with Crippen LogP contribution in [0, 0.1) is 12.3 Å². The molecular formula is C10H15ClN2O. The molecule has 4 heteroatoms. The molecule has 0 saturated carbocycles. The van der Waals surface area contributed by atoms with E-state index in [1.54, 1.807) is 11.8 Å². The van der Waals surface area contributed by atoms with E-state index in [2.05, 4.69) is 10.8 Å². The Morgan fingerprint density at radius 3 is 2.50 bits per heavy atom. The van der Waals surface area contributed by atoms with E-state index in [1.165, 1.54) is 0 Å². The highest BCUT2D eigenvalue weighted by atomic mass is 35.5. The standard InChI is InChI=1S/C10H15ClN2O/c1-3-4-12-5-7-13(8-6-12)10(14)9(2)11/h1,9H,4-8H2,2H3. The van der Waals surface area contributed by atoms with Crippen molar-refractivity contribution in [2.45, 2.75) is 12.3 Å². The molecule has 0 aromatic rings. The van der Waals surface area contributed by atoms with Crippen molar-refractivity contribution < 1.29 is 4.79 Å². The third-order valence-electron chi connectivity index (χ3n) is 2.34. The Kier molecular flexibility index (Phi) is 4.24. The molecule has 1 saturated heterocycles. The molecule has 14 heavy (non-hydrogen) atoms. The Morgan fingerprint density at radius 1 is 1.50 bits per heavy atom. The van der Waals surface area contributed by atoms with Crippen LogP contribution in [0.2, 0.25) is 0 Å². The molecule has 1 aliphatic rings.